The molecule has 0 fully saturated rings. The summed E-state index contributed by atoms with van der Waals surface area (Å²) in [7, 11) is 0. The molecule has 0 saturated heterocycles. The van der Waals surface area contributed by atoms with Crippen molar-refractivity contribution in [2.75, 3.05) is 5.32 Å². The molecule has 7 nitrogen and oxygen atoms in total. The molecular formula is C15H22N4O3. The standard InChI is InChI=1S/C13H16N4O3.C2H6/c1-8(18)17-6-5-9-11(17)14-7-10(15-9)16-12(19)20-13(2,3)4;1-2/h5-7H,1-4H3,(H,15,16,19);1-2H3. The molecule has 0 aliphatic heterocycles. The fourth-order valence-corrected chi connectivity index (χ4v) is 1.63. The Morgan fingerprint density at radius 3 is 2.45 bits per heavy atom. The monoisotopic (exact) mass is 306 g/mol. The highest BCUT2D eigenvalue weighted by atomic mass is 16.6. The summed E-state index contributed by atoms with van der Waals surface area (Å²) in [5.41, 5.74) is 0.389. The first-order valence-corrected chi connectivity index (χ1v) is 7.11. The van der Waals surface area contributed by atoms with E-state index in [-0.39, 0.29) is 11.7 Å². The Morgan fingerprint density at radius 2 is 1.91 bits per heavy atom. The lowest BCUT2D eigenvalue weighted by Crippen LogP contribution is -2.27. The molecule has 0 aromatic carbocycles. The second-order valence-corrected chi connectivity index (χ2v) is 5.30. The molecule has 0 bridgehead atoms. The van der Waals surface area contributed by atoms with Gasteiger partial charge in [-0.1, -0.05) is 13.8 Å². The molecule has 22 heavy (non-hydrogen) atoms. The number of hydrogen-bond donors (Lipinski definition) is 1. The van der Waals surface area contributed by atoms with Crippen LogP contribution in [-0.2, 0) is 4.74 Å². The summed E-state index contributed by atoms with van der Waals surface area (Å²) < 4.78 is 6.51. The summed E-state index contributed by atoms with van der Waals surface area (Å²) in [4.78, 5) is 31.3. The first-order chi connectivity index (χ1) is 10.3. The van der Waals surface area contributed by atoms with E-state index in [4.69, 9.17) is 4.74 Å². The zero-order valence-corrected chi connectivity index (χ0v) is 13.8. The van der Waals surface area contributed by atoms with E-state index in [1.807, 2.05) is 13.8 Å². The summed E-state index contributed by atoms with van der Waals surface area (Å²) in [6.45, 7) is 10.8. The number of ether oxygens (including phenoxy) is 1. The molecule has 0 radical (unpaired) electrons. The number of amides is 1. The molecule has 0 saturated carbocycles. The first kappa shape index (κ1) is 17.6. The second-order valence-electron chi connectivity index (χ2n) is 5.30. The first-order valence-electron chi connectivity index (χ1n) is 7.11. The van der Waals surface area contributed by atoms with Crippen molar-refractivity contribution in [2.24, 2.45) is 0 Å². The molecule has 2 rings (SSSR count). The minimum Gasteiger partial charge on any atom is -0.444 e. The fraction of sp³-hybridized carbons (Fsp3) is 0.467. The number of fused-ring (bicyclic) bond motifs is 1. The van der Waals surface area contributed by atoms with Crippen LogP contribution in [0.25, 0.3) is 11.2 Å². The van der Waals surface area contributed by atoms with Crippen LogP contribution >= 0.6 is 0 Å². The maximum absolute atomic E-state index is 11.6. The van der Waals surface area contributed by atoms with Gasteiger partial charge in [-0.05, 0) is 26.8 Å². The van der Waals surface area contributed by atoms with Gasteiger partial charge in [-0.25, -0.2) is 14.8 Å². The summed E-state index contributed by atoms with van der Waals surface area (Å²) in [6, 6.07) is 1.66. The third-order valence-electron chi connectivity index (χ3n) is 2.36. The fourth-order valence-electron chi connectivity index (χ4n) is 1.63. The van der Waals surface area contributed by atoms with Gasteiger partial charge >= 0.3 is 6.09 Å². The van der Waals surface area contributed by atoms with Gasteiger partial charge in [0.05, 0.1) is 6.20 Å². The summed E-state index contributed by atoms with van der Waals surface area (Å²) >= 11 is 0. The van der Waals surface area contributed by atoms with E-state index in [2.05, 4.69) is 15.3 Å². The van der Waals surface area contributed by atoms with Crippen molar-refractivity contribution in [3.8, 4) is 0 Å². The van der Waals surface area contributed by atoms with E-state index >= 15 is 0 Å². The van der Waals surface area contributed by atoms with Gasteiger partial charge in [0.15, 0.2) is 11.5 Å². The number of hydrogen-bond acceptors (Lipinski definition) is 5. The van der Waals surface area contributed by atoms with Crippen molar-refractivity contribution < 1.29 is 14.3 Å². The number of carbonyl (C=O) groups excluding carboxylic acids is 2. The molecular weight excluding hydrogens is 284 g/mol. The van der Waals surface area contributed by atoms with Gasteiger partial charge in [-0.15, -0.1) is 0 Å². The van der Waals surface area contributed by atoms with Crippen molar-refractivity contribution in [3.63, 3.8) is 0 Å². The molecule has 7 heteroatoms. The Kier molecular flexibility index (Phi) is 5.62. The number of carbonyl (C=O) groups is 2. The average molecular weight is 306 g/mol. The van der Waals surface area contributed by atoms with Crippen molar-refractivity contribution in [1.82, 2.24) is 14.5 Å². The predicted octanol–water partition coefficient (Wildman–Crippen LogP) is 3.46. The summed E-state index contributed by atoms with van der Waals surface area (Å²) in [6.07, 6.45) is 2.37. The molecule has 0 unspecified atom stereocenters. The van der Waals surface area contributed by atoms with E-state index in [9.17, 15) is 9.59 Å². The van der Waals surface area contributed by atoms with E-state index in [1.165, 1.54) is 17.7 Å². The number of rotatable bonds is 1. The Hall–Kier alpha value is -2.44. The predicted molar refractivity (Wildman–Crippen MR) is 85.0 cm³/mol. The molecule has 0 atom stereocenters. The van der Waals surface area contributed by atoms with Gasteiger partial charge in [0, 0.05) is 13.1 Å². The van der Waals surface area contributed by atoms with E-state index < -0.39 is 11.7 Å². The quantitative estimate of drug-likeness (QED) is 0.871. The largest absolute Gasteiger partial charge is 0.444 e. The van der Waals surface area contributed by atoms with Gasteiger partial charge in [0.2, 0.25) is 5.91 Å². The third-order valence-corrected chi connectivity index (χ3v) is 2.36. The van der Waals surface area contributed by atoms with Crippen molar-refractivity contribution in [3.05, 3.63) is 18.5 Å². The van der Waals surface area contributed by atoms with Crippen LogP contribution in [0.5, 0.6) is 0 Å². The van der Waals surface area contributed by atoms with Crippen LogP contribution in [0.2, 0.25) is 0 Å². The minimum absolute atomic E-state index is 0.151. The smallest absolute Gasteiger partial charge is 0.413 e. The normalized spacial score (nSPS) is 10.6. The lowest BCUT2D eigenvalue weighted by atomic mass is 10.2. The zero-order valence-electron chi connectivity index (χ0n) is 13.8. The van der Waals surface area contributed by atoms with Crippen LogP contribution in [0, 0.1) is 0 Å². The van der Waals surface area contributed by atoms with Crippen LogP contribution in [0.15, 0.2) is 18.5 Å². The number of anilines is 1. The van der Waals surface area contributed by atoms with E-state index in [0.717, 1.165) is 0 Å². The van der Waals surface area contributed by atoms with Crippen molar-refractivity contribution >= 4 is 29.0 Å². The molecule has 2 heterocycles. The molecule has 2 aromatic rings. The molecule has 0 spiro atoms. The highest BCUT2D eigenvalue weighted by Crippen LogP contribution is 2.15. The Bertz CT molecular complexity index is 671. The minimum atomic E-state index is -0.600. The van der Waals surface area contributed by atoms with Crippen molar-refractivity contribution in [1.29, 1.82) is 0 Å². The number of aromatic nitrogens is 3. The van der Waals surface area contributed by atoms with Crippen LogP contribution in [0.4, 0.5) is 10.6 Å². The Balaban J connectivity index is 0.00000116. The molecule has 0 aliphatic carbocycles. The second kappa shape index (κ2) is 7.02. The van der Waals surface area contributed by atoms with Gasteiger partial charge in [0.25, 0.3) is 0 Å². The van der Waals surface area contributed by atoms with Gasteiger partial charge < -0.3 is 4.74 Å². The van der Waals surface area contributed by atoms with E-state index in [1.54, 1.807) is 33.0 Å². The maximum Gasteiger partial charge on any atom is 0.413 e. The number of nitrogens with zero attached hydrogens (tertiary/aromatic N) is 3. The Labute approximate surface area is 129 Å². The van der Waals surface area contributed by atoms with Crippen molar-refractivity contribution in [2.45, 2.75) is 47.1 Å². The average Bonchev–Trinajstić information content (AvgIpc) is 2.81. The lowest BCUT2D eigenvalue weighted by Gasteiger charge is -2.19. The highest BCUT2D eigenvalue weighted by Gasteiger charge is 2.17. The maximum atomic E-state index is 11.6. The lowest BCUT2D eigenvalue weighted by molar-refractivity contribution is 0.0635. The molecule has 120 valence electrons. The van der Waals surface area contributed by atoms with Gasteiger partial charge in [-0.2, -0.15) is 0 Å². The molecule has 1 amide bonds. The van der Waals surface area contributed by atoms with Crippen LogP contribution in [0.3, 0.4) is 0 Å². The molecule has 0 aliphatic rings. The SMILES string of the molecule is CC.CC(=O)n1ccc2nc(NC(=O)OC(C)(C)C)cnc21. The number of nitrogens with one attached hydrogen (secondary N) is 1. The van der Waals surface area contributed by atoms with Crippen LogP contribution in [-0.4, -0.2) is 32.1 Å². The molecule has 1 N–H and O–H groups in total. The van der Waals surface area contributed by atoms with Crippen LogP contribution < -0.4 is 5.32 Å². The topological polar surface area (TPSA) is 86.1 Å². The Morgan fingerprint density at radius 1 is 1.27 bits per heavy atom. The van der Waals surface area contributed by atoms with E-state index in [0.29, 0.717) is 11.2 Å². The summed E-state index contributed by atoms with van der Waals surface area (Å²) in [5.74, 6) is 0.121. The summed E-state index contributed by atoms with van der Waals surface area (Å²) in [5, 5.41) is 2.50. The highest BCUT2D eigenvalue weighted by molar-refractivity contribution is 5.89. The zero-order chi connectivity index (χ0) is 16.9. The van der Waals surface area contributed by atoms with Gasteiger partial charge in [0.1, 0.15) is 11.1 Å². The van der Waals surface area contributed by atoms with Gasteiger partial charge in [-0.3, -0.25) is 14.7 Å². The third kappa shape index (κ3) is 4.54. The molecule has 2 aromatic heterocycles. The van der Waals surface area contributed by atoms with Crippen LogP contribution in [0.1, 0.15) is 46.3 Å².